The molecule has 0 radical (unpaired) electrons. The number of hydrogen-bond acceptors (Lipinski definition) is 3. The second-order valence-electron chi connectivity index (χ2n) is 6.71. The molecule has 0 saturated heterocycles. The monoisotopic (exact) mass is 471 g/mol. The summed E-state index contributed by atoms with van der Waals surface area (Å²) in [4.78, 5) is 26.0. The van der Waals surface area contributed by atoms with Crippen LogP contribution in [0.3, 0.4) is 0 Å². The number of hydrogen-bond donors (Lipinski definition) is 1. The van der Waals surface area contributed by atoms with E-state index in [-0.39, 0.29) is 23.9 Å². The number of halogens is 4. The molecule has 0 aliphatic heterocycles. The number of anilines is 1. The van der Waals surface area contributed by atoms with Gasteiger partial charge in [0.25, 0.3) is 0 Å². The predicted octanol–water partition coefficient (Wildman–Crippen LogP) is 4.79. The van der Waals surface area contributed by atoms with Crippen LogP contribution < -0.4 is 9.64 Å². The number of carbonyl (C=O) groups excluding carboxylic acids is 1. The average Bonchev–Trinajstić information content (AvgIpc) is 3.48. The number of carboxylic acid groups (broad SMARTS) is 1. The lowest BCUT2D eigenvalue weighted by Gasteiger charge is -2.29. The summed E-state index contributed by atoms with van der Waals surface area (Å²) in [5, 5.41) is 9.80. The van der Waals surface area contributed by atoms with Crippen LogP contribution in [0.1, 0.15) is 18.4 Å². The van der Waals surface area contributed by atoms with Crippen LogP contribution in [0.4, 0.5) is 18.9 Å². The van der Waals surface area contributed by atoms with Gasteiger partial charge in [0.05, 0.1) is 0 Å². The Morgan fingerprint density at radius 1 is 1.10 bits per heavy atom. The average molecular weight is 472 g/mol. The number of aliphatic carboxylic acids is 1. The summed E-state index contributed by atoms with van der Waals surface area (Å²) < 4.78 is 41.8. The molecule has 0 spiro atoms. The van der Waals surface area contributed by atoms with Gasteiger partial charge in [0, 0.05) is 22.5 Å². The molecule has 0 heterocycles. The molecule has 1 N–H and O–H groups in total. The second-order valence-corrected chi connectivity index (χ2v) is 7.62. The van der Waals surface area contributed by atoms with E-state index in [1.807, 2.05) is 0 Å². The van der Waals surface area contributed by atoms with Crippen LogP contribution in [0.5, 0.6) is 5.75 Å². The Hall–Kier alpha value is -2.55. The van der Waals surface area contributed by atoms with Crippen molar-refractivity contribution in [3.05, 3.63) is 58.6 Å². The van der Waals surface area contributed by atoms with E-state index in [1.54, 1.807) is 24.3 Å². The van der Waals surface area contributed by atoms with Crippen molar-refractivity contribution in [1.29, 1.82) is 0 Å². The Balaban J connectivity index is 1.91. The van der Waals surface area contributed by atoms with E-state index in [4.69, 9.17) is 0 Å². The summed E-state index contributed by atoms with van der Waals surface area (Å²) in [6, 6.07) is 10.5. The maximum Gasteiger partial charge on any atom is 0.573 e. The number of amides is 1. The van der Waals surface area contributed by atoms with E-state index < -0.39 is 24.1 Å². The van der Waals surface area contributed by atoms with Gasteiger partial charge < -0.3 is 9.84 Å². The number of carbonyl (C=O) groups is 2. The Bertz CT molecular complexity index is 880. The Morgan fingerprint density at radius 2 is 1.69 bits per heavy atom. The molecule has 9 heteroatoms. The minimum atomic E-state index is -4.84. The maximum atomic E-state index is 12.9. The van der Waals surface area contributed by atoms with Crippen molar-refractivity contribution in [2.24, 2.45) is 5.92 Å². The molecule has 2 aromatic rings. The molecule has 1 atom stereocenters. The van der Waals surface area contributed by atoms with Crippen molar-refractivity contribution in [3.8, 4) is 5.75 Å². The van der Waals surface area contributed by atoms with Crippen LogP contribution in [0.2, 0.25) is 0 Å². The van der Waals surface area contributed by atoms with Crippen LogP contribution in [0.15, 0.2) is 53.0 Å². The molecule has 0 aromatic heterocycles. The molecule has 5 nitrogen and oxygen atoms in total. The fourth-order valence-corrected chi connectivity index (χ4v) is 3.19. The van der Waals surface area contributed by atoms with Crippen LogP contribution >= 0.6 is 15.9 Å². The maximum absolute atomic E-state index is 12.9. The first-order valence-electron chi connectivity index (χ1n) is 8.80. The van der Waals surface area contributed by atoms with Gasteiger partial charge in [-0.05, 0) is 54.8 Å². The summed E-state index contributed by atoms with van der Waals surface area (Å²) in [6.45, 7) is 0. The number of rotatable bonds is 7. The Labute approximate surface area is 173 Å². The van der Waals surface area contributed by atoms with Gasteiger partial charge in [-0.25, -0.2) is 4.79 Å². The summed E-state index contributed by atoms with van der Waals surface area (Å²) in [7, 11) is 0. The zero-order chi connectivity index (χ0) is 21.2. The molecule has 0 bridgehead atoms. The smallest absolute Gasteiger partial charge is 0.480 e. The van der Waals surface area contributed by atoms with Crippen LogP contribution in [0, 0.1) is 5.92 Å². The van der Waals surface area contributed by atoms with Gasteiger partial charge in [-0.3, -0.25) is 9.69 Å². The SMILES string of the molecule is O=C(O)C(Cc1ccc(Br)cc1)N(C(=O)C1CC1)c1ccc(OC(F)(F)F)cc1. The van der Waals surface area contributed by atoms with Gasteiger partial charge in [0.1, 0.15) is 11.8 Å². The van der Waals surface area contributed by atoms with Crippen molar-refractivity contribution in [1.82, 2.24) is 0 Å². The second kappa shape index (κ2) is 8.44. The topological polar surface area (TPSA) is 66.8 Å². The highest BCUT2D eigenvalue weighted by Crippen LogP contribution is 2.35. The first-order chi connectivity index (χ1) is 13.6. The molecule has 1 saturated carbocycles. The van der Waals surface area contributed by atoms with Crippen LogP contribution in [-0.2, 0) is 16.0 Å². The first-order valence-corrected chi connectivity index (χ1v) is 9.59. The lowest BCUT2D eigenvalue weighted by molar-refractivity contribution is -0.274. The van der Waals surface area contributed by atoms with Gasteiger partial charge in [-0.2, -0.15) is 0 Å². The third-order valence-corrected chi connectivity index (χ3v) is 4.98. The van der Waals surface area contributed by atoms with Gasteiger partial charge >= 0.3 is 12.3 Å². The van der Waals surface area contributed by atoms with Crippen molar-refractivity contribution in [2.45, 2.75) is 31.7 Å². The zero-order valence-corrected chi connectivity index (χ0v) is 16.6. The molecule has 29 heavy (non-hydrogen) atoms. The van der Waals surface area contributed by atoms with E-state index in [1.165, 1.54) is 17.0 Å². The molecular formula is C20H17BrF3NO4. The lowest BCUT2D eigenvalue weighted by Crippen LogP contribution is -2.47. The summed E-state index contributed by atoms with van der Waals surface area (Å²) in [6.07, 6.45) is -3.46. The number of benzene rings is 2. The molecule has 2 aromatic carbocycles. The standard InChI is InChI=1S/C20H17BrF3NO4/c21-14-5-1-12(2-6-14)11-17(19(27)28)25(18(26)13-3-4-13)15-7-9-16(10-8-15)29-20(22,23)24/h1-2,5-10,13,17H,3-4,11H2,(H,27,28). The zero-order valence-electron chi connectivity index (χ0n) is 15.0. The van der Waals surface area contributed by atoms with E-state index in [9.17, 15) is 27.9 Å². The highest BCUT2D eigenvalue weighted by atomic mass is 79.9. The van der Waals surface area contributed by atoms with Crippen molar-refractivity contribution in [3.63, 3.8) is 0 Å². The van der Waals surface area contributed by atoms with E-state index in [2.05, 4.69) is 20.7 Å². The molecule has 1 amide bonds. The minimum absolute atomic E-state index is 0.0574. The number of carboxylic acids is 1. The number of alkyl halides is 3. The lowest BCUT2D eigenvalue weighted by atomic mass is 10.0. The Morgan fingerprint density at radius 3 is 2.17 bits per heavy atom. The Kier molecular flexibility index (Phi) is 6.16. The predicted molar refractivity (Wildman–Crippen MR) is 103 cm³/mol. The third kappa shape index (κ3) is 5.72. The van der Waals surface area contributed by atoms with E-state index in [0.717, 1.165) is 16.6 Å². The minimum Gasteiger partial charge on any atom is -0.480 e. The summed E-state index contributed by atoms with van der Waals surface area (Å²) in [5.74, 6) is -2.26. The van der Waals surface area contributed by atoms with Gasteiger partial charge in [0.2, 0.25) is 5.91 Å². The van der Waals surface area contributed by atoms with E-state index in [0.29, 0.717) is 18.4 Å². The van der Waals surface area contributed by atoms with E-state index >= 15 is 0 Å². The van der Waals surface area contributed by atoms with Crippen molar-refractivity contribution in [2.75, 3.05) is 4.90 Å². The summed E-state index contributed by atoms with van der Waals surface area (Å²) in [5.41, 5.74) is 0.923. The highest BCUT2D eigenvalue weighted by molar-refractivity contribution is 9.10. The van der Waals surface area contributed by atoms with Crippen molar-refractivity contribution >= 4 is 33.5 Å². The number of ether oxygens (including phenoxy) is 1. The fourth-order valence-electron chi connectivity index (χ4n) is 2.93. The quantitative estimate of drug-likeness (QED) is 0.630. The molecule has 1 aliphatic rings. The molecular weight excluding hydrogens is 455 g/mol. The van der Waals surface area contributed by atoms with Gasteiger partial charge in [-0.1, -0.05) is 28.1 Å². The first kappa shape index (κ1) is 21.2. The molecule has 1 unspecified atom stereocenters. The number of nitrogens with zero attached hydrogens (tertiary/aromatic N) is 1. The summed E-state index contributed by atoms with van der Waals surface area (Å²) >= 11 is 3.31. The van der Waals surface area contributed by atoms with Gasteiger partial charge in [-0.15, -0.1) is 13.2 Å². The van der Waals surface area contributed by atoms with Crippen LogP contribution in [0.25, 0.3) is 0 Å². The highest BCUT2D eigenvalue weighted by Gasteiger charge is 2.40. The fraction of sp³-hybridized carbons (Fsp3) is 0.300. The van der Waals surface area contributed by atoms with Gasteiger partial charge in [0.15, 0.2) is 0 Å². The third-order valence-electron chi connectivity index (χ3n) is 4.45. The largest absolute Gasteiger partial charge is 0.573 e. The molecule has 154 valence electrons. The normalized spacial score (nSPS) is 14.9. The van der Waals surface area contributed by atoms with Crippen molar-refractivity contribution < 1.29 is 32.6 Å². The molecule has 1 fully saturated rings. The van der Waals surface area contributed by atoms with Crippen LogP contribution in [-0.4, -0.2) is 29.4 Å². The molecule has 1 aliphatic carbocycles. The molecule has 3 rings (SSSR count).